The lowest BCUT2D eigenvalue weighted by atomic mass is 9.92. The number of pyridine rings is 1. The van der Waals surface area contributed by atoms with Crippen LogP contribution in [0, 0.1) is 0 Å². The van der Waals surface area contributed by atoms with E-state index in [1.54, 1.807) is 0 Å². The summed E-state index contributed by atoms with van der Waals surface area (Å²) in [5.74, 6) is 0.336. The van der Waals surface area contributed by atoms with E-state index in [1.165, 1.54) is 11.9 Å². The summed E-state index contributed by atoms with van der Waals surface area (Å²) >= 11 is 5.34. The Labute approximate surface area is 215 Å². The molecule has 1 aromatic carbocycles. The quantitative estimate of drug-likeness (QED) is 0.359. The lowest BCUT2D eigenvalue weighted by Gasteiger charge is -2.31. The Balaban J connectivity index is 1.31. The van der Waals surface area contributed by atoms with Crippen LogP contribution in [0.25, 0.3) is 21.9 Å². The number of hydrogen-bond donors (Lipinski definition) is 2. The topological polar surface area (TPSA) is 114 Å². The van der Waals surface area contributed by atoms with Crippen LogP contribution < -0.4 is 11.5 Å². The molecule has 3 aromatic heterocycles. The van der Waals surface area contributed by atoms with E-state index in [1.807, 2.05) is 43.9 Å². The first kappa shape index (κ1) is 23.0. The van der Waals surface area contributed by atoms with Gasteiger partial charge in [-0.05, 0) is 73.3 Å². The van der Waals surface area contributed by atoms with E-state index >= 15 is 0 Å². The zero-order valence-electron chi connectivity index (χ0n) is 19.7. The lowest BCUT2D eigenvalue weighted by Crippen LogP contribution is -2.38. The third kappa shape index (κ3) is 3.87. The van der Waals surface area contributed by atoms with Crippen molar-refractivity contribution in [1.82, 2.24) is 19.5 Å². The van der Waals surface area contributed by atoms with Crippen LogP contribution in [-0.2, 0) is 15.9 Å². The Morgan fingerprint density at radius 2 is 1.91 bits per heavy atom. The van der Waals surface area contributed by atoms with Crippen LogP contribution in [0.4, 0.5) is 11.6 Å². The van der Waals surface area contributed by atoms with Crippen LogP contribution >= 0.6 is 27.7 Å². The molecule has 0 amide bonds. The summed E-state index contributed by atoms with van der Waals surface area (Å²) in [7, 11) is 0. The van der Waals surface area contributed by atoms with E-state index in [0.717, 1.165) is 39.3 Å². The number of nitrogens with zero attached hydrogens (tertiary/aromatic N) is 4. The molecule has 0 spiro atoms. The summed E-state index contributed by atoms with van der Waals surface area (Å²) in [6.07, 6.45) is 5.18. The molecule has 4 N–H and O–H groups in total. The highest BCUT2D eigenvalue weighted by atomic mass is 79.9. The van der Waals surface area contributed by atoms with Crippen molar-refractivity contribution in [3.8, 4) is 0 Å². The summed E-state index contributed by atoms with van der Waals surface area (Å²) in [5.41, 5.74) is 15.1. The van der Waals surface area contributed by atoms with Gasteiger partial charge >= 0.3 is 0 Å². The van der Waals surface area contributed by atoms with Crippen LogP contribution in [0.1, 0.15) is 38.1 Å². The van der Waals surface area contributed by atoms with Crippen molar-refractivity contribution in [2.24, 2.45) is 0 Å². The molecule has 0 bridgehead atoms. The zero-order chi connectivity index (χ0) is 24.5. The molecular weight excluding hydrogens is 528 g/mol. The van der Waals surface area contributed by atoms with Crippen LogP contribution in [0.2, 0.25) is 0 Å². The number of nitrogens with two attached hydrogens (primary N) is 2. The van der Waals surface area contributed by atoms with Crippen LogP contribution in [-0.4, -0.2) is 42.3 Å². The molecule has 4 aromatic rings. The smallest absolute Gasteiger partial charge is 0.163 e. The molecule has 0 aliphatic carbocycles. The molecule has 0 unspecified atom stereocenters. The summed E-state index contributed by atoms with van der Waals surface area (Å²) in [6.45, 7) is 6.25. The van der Waals surface area contributed by atoms with Crippen molar-refractivity contribution >= 4 is 61.3 Å². The molecule has 0 saturated carbocycles. The number of thioether (sulfide) groups is 1. The van der Waals surface area contributed by atoms with Crippen molar-refractivity contribution in [3.63, 3.8) is 0 Å². The summed E-state index contributed by atoms with van der Waals surface area (Å²) in [6, 6.07) is 10.4. The van der Waals surface area contributed by atoms with Gasteiger partial charge in [0.05, 0.1) is 15.4 Å². The number of aromatic nitrogens is 4. The van der Waals surface area contributed by atoms with Gasteiger partial charge in [-0.25, -0.2) is 15.0 Å². The molecule has 2 saturated heterocycles. The van der Waals surface area contributed by atoms with Crippen LogP contribution in [0.3, 0.4) is 0 Å². The maximum absolute atomic E-state index is 6.49. The van der Waals surface area contributed by atoms with Gasteiger partial charge < -0.3 is 25.5 Å². The fraction of sp³-hybridized carbons (Fsp3) is 0.400. The summed E-state index contributed by atoms with van der Waals surface area (Å²) < 4.78 is 15.7. The van der Waals surface area contributed by atoms with Crippen molar-refractivity contribution < 1.29 is 9.47 Å². The molecule has 10 heteroatoms. The van der Waals surface area contributed by atoms with E-state index in [4.69, 9.17) is 20.9 Å². The molecule has 35 heavy (non-hydrogen) atoms. The Morgan fingerprint density at radius 1 is 1.09 bits per heavy atom. The Kier molecular flexibility index (Phi) is 5.30. The number of aryl methyl sites for hydroxylation is 1. The van der Waals surface area contributed by atoms with Gasteiger partial charge in [-0.3, -0.25) is 0 Å². The normalized spacial score (nSPS) is 27.6. The predicted octanol–water partition coefficient (Wildman–Crippen LogP) is 5.06. The first-order valence-corrected chi connectivity index (χ1v) is 13.3. The molecule has 182 valence electrons. The summed E-state index contributed by atoms with van der Waals surface area (Å²) in [4.78, 5) is 13.2. The molecular formula is C25H27BrN6O2S. The molecule has 6 rings (SSSR count). The third-order valence-corrected chi connectivity index (χ3v) is 9.34. The standard InChI is InChI=1S/C25H27BrN6O2S/c1-24(2)33-18-19(34-24)25(3,35-23(18)32-9-7-15-20(27)29-12-30-22(15)32)8-6-13-4-5-14-11-16(26)21(28)31-17(14)10-13/h4-5,7,9-12,18-19,23H,6,8H2,1-3H3,(H2,28,31)(H2,27,29,30)/t18-,19+,23-,25-/m1/s1. The zero-order valence-corrected chi connectivity index (χ0v) is 22.1. The first-order valence-electron chi connectivity index (χ1n) is 11.6. The van der Waals surface area contributed by atoms with Gasteiger partial charge in [0.25, 0.3) is 0 Å². The van der Waals surface area contributed by atoms with Gasteiger partial charge in [0, 0.05) is 16.3 Å². The second kappa shape index (κ2) is 8.06. The molecule has 8 nitrogen and oxygen atoms in total. The highest BCUT2D eigenvalue weighted by Crippen LogP contribution is 2.58. The van der Waals surface area contributed by atoms with Gasteiger partial charge in [-0.15, -0.1) is 11.8 Å². The number of benzene rings is 1. The van der Waals surface area contributed by atoms with Crippen molar-refractivity contribution in [1.29, 1.82) is 0 Å². The van der Waals surface area contributed by atoms with Crippen molar-refractivity contribution in [3.05, 3.63) is 52.9 Å². The number of anilines is 2. The van der Waals surface area contributed by atoms with Crippen molar-refractivity contribution in [2.75, 3.05) is 11.5 Å². The lowest BCUT2D eigenvalue weighted by molar-refractivity contribution is -0.151. The number of rotatable bonds is 4. The third-order valence-electron chi connectivity index (χ3n) is 6.99. The highest BCUT2D eigenvalue weighted by molar-refractivity contribution is 9.10. The van der Waals surface area contributed by atoms with Crippen LogP contribution in [0.5, 0.6) is 0 Å². The Hall–Kier alpha value is -2.40. The van der Waals surface area contributed by atoms with Crippen molar-refractivity contribution in [2.45, 2.75) is 61.7 Å². The maximum Gasteiger partial charge on any atom is 0.163 e. The molecule has 4 atom stereocenters. The molecule has 2 aliphatic heterocycles. The van der Waals surface area contributed by atoms with Gasteiger partial charge in [-0.2, -0.15) is 0 Å². The monoisotopic (exact) mass is 554 g/mol. The van der Waals surface area contributed by atoms with E-state index in [0.29, 0.717) is 11.6 Å². The number of hydrogen-bond acceptors (Lipinski definition) is 8. The average Bonchev–Trinajstić information content (AvgIpc) is 3.45. The van der Waals surface area contributed by atoms with E-state index in [-0.39, 0.29) is 22.3 Å². The largest absolute Gasteiger partial charge is 0.383 e. The maximum atomic E-state index is 6.49. The van der Waals surface area contributed by atoms with Gasteiger partial charge in [-0.1, -0.05) is 12.1 Å². The minimum Gasteiger partial charge on any atom is -0.383 e. The SMILES string of the molecule is CC1(C)O[C@H]2[C@H](n3ccc4c(N)ncnc43)S[C@](C)(CCc3ccc4cc(Br)c(N)nc4c3)[C@H]2O1. The average molecular weight is 556 g/mol. The summed E-state index contributed by atoms with van der Waals surface area (Å²) in [5, 5.41) is 1.92. The number of fused-ring (bicyclic) bond motifs is 3. The fourth-order valence-electron chi connectivity index (χ4n) is 5.24. The second-order valence-corrected chi connectivity index (χ2v) is 12.4. The molecule has 5 heterocycles. The van der Waals surface area contributed by atoms with Gasteiger partial charge in [0.1, 0.15) is 41.2 Å². The fourth-order valence-corrected chi connectivity index (χ4v) is 7.28. The molecule has 0 radical (unpaired) electrons. The minimum atomic E-state index is -0.648. The Bertz CT molecular complexity index is 1460. The molecule has 2 fully saturated rings. The number of nitrogen functional groups attached to an aromatic ring is 2. The second-order valence-electron chi connectivity index (χ2n) is 9.94. The highest BCUT2D eigenvalue weighted by Gasteiger charge is 2.60. The number of halogens is 1. The van der Waals surface area contributed by atoms with E-state index < -0.39 is 5.79 Å². The first-order chi connectivity index (χ1) is 16.6. The van der Waals surface area contributed by atoms with Gasteiger partial charge in [0.15, 0.2) is 5.79 Å². The van der Waals surface area contributed by atoms with Crippen LogP contribution in [0.15, 0.2) is 47.3 Å². The van der Waals surface area contributed by atoms with Gasteiger partial charge in [0.2, 0.25) is 0 Å². The van der Waals surface area contributed by atoms with E-state index in [9.17, 15) is 0 Å². The predicted molar refractivity (Wildman–Crippen MR) is 143 cm³/mol. The van der Waals surface area contributed by atoms with E-state index in [2.05, 4.69) is 60.6 Å². The number of ether oxygens (including phenoxy) is 2. The Morgan fingerprint density at radius 3 is 2.74 bits per heavy atom. The minimum absolute atomic E-state index is 0.00833. The molecule has 2 aliphatic rings.